The van der Waals surface area contributed by atoms with Gasteiger partial charge in [0.1, 0.15) is 24.7 Å². The number of aromatic nitrogens is 5. The van der Waals surface area contributed by atoms with Gasteiger partial charge < -0.3 is 19.4 Å². The Labute approximate surface area is 207 Å². The van der Waals surface area contributed by atoms with Crippen LogP contribution in [-0.4, -0.2) is 89.3 Å². The second-order valence-corrected chi connectivity index (χ2v) is 17.1. The van der Waals surface area contributed by atoms with E-state index in [9.17, 15) is 0 Å². The highest BCUT2D eigenvalue weighted by Crippen LogP contribution is 2.35. The average molecular weight is 495 g/mol. The molecule has 2 unspecified atom stereocenters. The Morgan fingerprint density at radius 3 is 2.71 bits per heavy atom. The van der Waals surface area contributed by atoms with Crippen molar-refractivity contribution in [3.8, 4) is 11.3 Å². The van der Waals surface area contributed by atoms with Crippen molar-refractivity contribution in [2.75, 3.05) is 46.0 Å². The lowest BCUT2D eigenvalue weighted by molar-refractivity contribution is -0.0828. The van der Waals surface area contributed by atoms with Crippen LogP contribution in [0.2, 0.25) is 25.7 Å². The van der Waals surface area contributed by atoms with Gasteiger partial charge in [-0.1, -0.05) is 19.6 Å². The summed E-state index contributed by atoms with van der Waals surface area (Å²) >= 11 is 0. The fraction of sp³-hybridized carbons (Fsp3) is 0.600. The summed E-state index contributed by atoms with van der Waals surface area (Å²) in [5.74, 6) is 1.19. The molecular formula is C25H36N7O2Si. The van der Waals surface area contributed by atoms with Gasteiger partial charge in [0.15, 0.2) is 0 Å². The number of ether oxygens (including phenoxy) is 2. The number of piperidine rings is 1. The molecule has 0 amide bonds. The van der Waals surface area contributed by atoms with E-state index in [1.165, 1.54) is 6.04 Å². The molecule has 0 spiro atoms. The van der Waals surface area contributed by atoms with Crippen molar-refractivity contribution in [1.82, 2.24) is 34.5 Å². The van der Waals surface area contributed by atoms with Gasteiger partial charge in [0, 0.05) is 82.1 Å². The second-order valence-electron chi connectivity index (χ2n) is 11.4. The quantitative estimate of drug-likeness (QED) is 0.381. The molecule has 3 aromatic heterocycles. The number of fused-ring (bicyclic) bond motifs is 3. The van der Waals surface area contributed by atoms with E-state index in [1.807, 2.05) is 17.1 Å². The molecule has 10 heteroatoms. The van der Waals surface area contributed by atoms with E-state index >= 15 is 0 Å². The molecule has 1 radical (unpaired) electrons. The summed E-state index contributed by atoms with van der Waals surface area (Å²) in [7, 11) is -1.09. The lowest BCUT2D eigenvalue weighted by atomic mass is 9.80. The first-order valence-electron chi connectivity index (χ1n) is 12.8. The van der Waals surface area contributed by atoms with Crippen LogP contribution in [0.3, 0.4) is 0 Å². The summed E-state index contributed by atoms with van der Waals surface area (Å²) in [5, 5.41) is 9.29. The highest BCUT2D eigenvalue weighted by Gasteiger charge is 2.45. The number of likely N-dealkylation sites (tertiary alicyclic amines) is 1. The van der Waals surface area contributed by atoms with Crippen LogP contribution in [0.25, 0.3) is 22.3 Å². The molecule has 2 atom stereocenters. The first kappa shape index (κ1) is 23.3. The summed E-state index contributed by atoms with van der Waals surface area (Å²) in [6.07, 6.45) is 7.72. The predicted octanol–water partition coefficient (Wildman–Crippen LogP) is 2.54. The number of hydrogen-bond donors (Lipinski definition) is 1. The van der Waals surface area contributed by atoms with Crippen molar-refractivity contribution < 1.29 is 9.47 Å². The Hall–Kier alpha value is -2.11. The lowest BCUT2D eigenvalue weighted by Gasteiger charge is -2.53. The van der Waals surface area contributed by atoms with Crippen molar-refractivity contribution in [1.29, 1.82) is 0 Å². The fourth-order valence-corrected chi connectivity index (χ4v) is 6.39. The van der Waals surface area contributed by atoms with Crippen molar-refractivity contribution >= 4 is 19.1 Å². The zero-order valence-electron chi connectivity index (χ0n) is 21.0. The molecule has 3 aromatic rings. The third kappa shape index (κ3) is 4.70. The highest BCUT2D eigenvalue weighted by atomic mass is 28.3. The third-order valence-electron chi connectivity index (χ3n) is 7.60. The Morgan fingerprint density at radius 2 is 1.94 bits per heavy atom. The number of rotatable bonds is 8. The van der Waals surface area contributed by atoms with Gasteiger partial charge in [-0.15, -0.1) is 0 Å². The summed E-state index contributed by atoms with van der Waals surface area (Å²) in [6, 6.07) is 5.21. The maximum atomic E-state index is 5.95. The summed E-state index contributed by atoms with van der Waals surface area (Å²) in [6.45, 7) is 14.2. The molecule has 3 aliphatic rings. The van der Waals surface area contributed by atoms with Crippen LogP contribution in [0, 0.1) is 17.9 Å². The van der Waals surface area contributed by atoms with Crippen LogP contribution in [-0.2, 0) is 16.2 Å². The standard InChI is InChI=1S/C25H36N7O2Si/c1-35(2,3)7-6-33-17-30-5-4-22-23(27-16-28-25(22)30)18-10-29-32(11-18)21-12-31(13-21)24-19-8-26-9-20(24)15-34-14-19/h4-5,10-11,16,19-20,24,26H,6-9,12-15,17H2,1-3H3. The Morgan fingerprint density at radius 1 is 1.14 bits per heavy atom. The van der Waals surface area contributed by atoms with Gasteiger partial charge in [0.05, 0.1) is 25.1 Å². The van der Waals surface area contributed by atoms with Crippen molar-refractivity contribution in [2.24, 2.45) is 11.8 Å². The topological polar surface area (TPSA) is 82.3 Å². The molecular weight excluding hydrogens is 458 g/mol. The first-order chi connectivity index (χ1) is 17.0. The van der Waals surface area contributed by atoms with Gasteiger partial charge in [-0.25, -0.2) is 9.97 Å². The van der Waals surface area contributed by atoms with Crippen LogP contribution >= 0.6 is 0 Å². The minimum atomic E-state index is -1.09. The molecule has 0 aliphatic carbocycles. The molecule has 6 heterocycles. The molecule has 2 bridgehead atoms. The largest absolute Gasteiger partial charge is 0.381 e. The minimum absolute atomic E-state index is 0.515. The van der Waals surface area contributed by atoms with Gasteiger partial charge in [-0.2, -0.15) is 5.10 Å². The Bertz CT molecular complexity index is 1140. The molecule has 3 aliphatic heterocycles. The number of nitrogens with zero attached hydrogens (tertiary/aromatic N) is 6. The van der Waals surface area contributed by atoms with Crippen LogP contribution in [0.1, 0.15) is 0 Å². The highest BCUT2D eigenvalue weighted by molar-refractivity contribution is 6.76. The number of nitrogens with one attached hydrogen (secondary N) is 1. The molecule has 3 fully saturated rings. The molecule has 6 rings (SSSR count). The van der Waals surface area contributed by atoms with Crippen molar-refractivity contribution in [2.45, 2.75) is 38.5 Å². The maximum absolute atomic E-state index is 5.95. The summed E-state index contributed by atoms with van der Waals surface area (Å²) in [4.78, 5) is 11.8. The molecule has 0 saturated carbocycles. The number of hydrogen-bond acceptors (Lipinski definition) is 7. The Kier molecular flexibility index (Phi) is 6.26. The van der Waals surface area contributed by atoms with Gasteiger partial charge in [0.2, 0.25) is 0 Å². The first-order valence-corrected chi connectivity index (χ1v) is 16.5. The third-order valence-corrected chi connectivity index (χ3v) is 9.30. The monoisotopic (exact) mass is 494 g/mol. The molecule has 3 saturated heterocycles. The fourth-order valence-electron chi connectivity index (χ4n) is 5.64. The van der Waals surface area contributed by atoms with Crippen LogP contribution < -0.4 is 5.32 Å². The van der Waals surface area contributed by atoms with Gasteiger partial charge in [-0.3, -0.25) is 9.58 Å². The lowest BCUT2D eigenvalue weighted by Crippen LogP contribution is -2.65. The smallest absolute Gasteiger partial charge is 0.145 e. The average Bonchev–Trinajstić information content (AvgIpc) is 3.42. The molecule has 9 nitrogen and oxygen atoms in total. The van der Waals surface area contributed by atoms with E-state index in [-0.39, 0.29) is 0 Å². The molecule has 1 N–H and O–H groups in total. The van der Waals surface area contributed by atoms with E-state index in [0.29, 0.717) is 24.6 Å². The van der Waals surface area contributed by atoms with Crippen LogP contribution in [0.15, 0.2) is 31.0 Å². The zero-order chi connectivity index (χ0) is 24.0. The van der Waals surface area contributed by atoms with E-state index in [2.05, 4.69) is 56.7 Å². The summed E-state index contributed by atoms with van der Waals surface area (Å²) < 4.78 is 15.9. The Balaban J connectivity index is 1.12. The van der Waals surface area contributed by atoms with Gasteiger partial charge in [-0.05, 0) is 12.1 Å². The maximum Gasteiger partial charge on any atom is 0.145 e. The minimum Gasteiger partial charge on any atom is -0.381 e. The van der Waals surface area contributed by atoms with Crippen molar-refractivity contribution in [3.05, 3.63) is 37.0 Å². The van der Waals surface area contributed by atoms with Crippen LogP contribution in [0.4, 0.5) is 0 Å². The van der Waals surface area contributed by atoms with Gasteiger partial charge in [0.25, 0.3) is 0 Å². The van der Waals surface area contributed by atoms with Crippen LogP contribution in [0.5, 0.6) is 0 Å². The van der Waals surface area contributed by atoms with E-state index in [1.54, 1.807) is 6.33 Å². The van der Waals surface area contributed by atoms with E-state index < -0.39 is 8.07 Å². The van der Waals surface area contributed by atoms with E-state index in [4.69, 9.17) is 14.6 Å². The zero-order valence-corrected chi connectivity index (χ0v) is 22.0. The SMILES string of the molecule is C[Si](C)(C)CCOCn1ccc2c(-c3cnn([C]4CN(C5C6CNCC5COC6)C4)c3)ncnc21. The van der Waals surface area contributed by atoms with Gasteiger partial charge >= 0.3 is 0 Å². The normalized spacial score (nSPS) is 25.7. The second kappa shape index (κ2) is 9.40. The molecule has 35 heavy (non-hydrogen) atoms. The predicted molar refractivity (Wildman–Crippen MR) is 138 cm³/mol. The summed E-state index contributed by atoms with van der Waals surface area (Å²) in [5.41, 5.74) is 2.84. The van der Waals surface area contributed by atoms with Crippen molar-refractivity contribution in [3.63, 3.8) is 0 Å². The molecule has 187 valence electrons. The van der Waals surface area contributed by atoms with E-state index in [0.717, 1.165) is 74.3 Å². The molecule has 0 aromatic carbocycles.